The minimum absolute atomic E-state index is 0. The number of nitrogens with zero attached hydrogens (tertiary/aromatic N) is 3. The molecule has 124 valence electrons. The normalized spacial score (nSPS) is 11.5. The number of nitrogens with two attached hydrogens (primary N) is 1. The number of carbonyl (C=O) groups excluding carboxylic acids is 1. The average Bonchev–Trinajstić information content (AvgIpc) is 2.78. The van der Waals surface area contributed by atoms with Gasteiger partial charge in [-0.15, -0.1) is 24.8 Å². The number of hydrogen-bond acceptors (Lipinski definition) is 3. The quantitative estimate of drug-likeness (QED) is 0.827. The van der Waals surface area contributed by atoms with Crippen molar-refractivity contribution in [2.24, 2.45) is 18.7 Å². The van der Waals surface area contributed by atoms with Gasteiger partial charge in [-0.2, -0.15) is 5.10 Å². The second-order valence-corrected chi connectivity index (χ2v) is 5.53. The van der Waals surface area contributed by atoms with E-state index in [-0.39, 0.29) is 36.8 Å². The van der Waals surface area contributed by atoms with Gasteiger partial charge < -0.3 is 10.6 Å². The third kappa shape index (κ3) is 8.29. The summed E-state index contributed by atoms with van der Waals surface area (Å²) in [6, 6.07) is 0.161. The standard InChI is InChI=1S/C14H26N4O.2ClH/c1-11(2)13(15)7-8-17(3)14(19)6-5-12-9-16-18(4)10-12;;/h9-11,13H,5-8,15H2,1-4H3;2*1H. The fraction of sp³-hybridized carbons (Fsp3) is 0.714. The van der Waals surface area contributed by atoms with E-state index in [0.29, 0.717) is 12.3 Å². The van der Waals surface area contributed by atoms with Crippen LogP contribution in [0.3, 0.4) is 0 Å². The Morgan fingerprint density at radius 2 is 2.05 bits per heavy atom. The first-order chi connectivity index (χ1) is 8.90. The lowest BCUT2D eigenvalue weighted by Gasteiger charge is -2.21. The Morgan fingerprint density at radius 3 is 2.52 bits per heavy atom. The molecule has 0 bridgehead atoms. The Balaban J connectivity index is 0. The van der Waals surface area contributed by atoms with E-state index >= 15 is 0 Å². The van der Waals surface area contributed by atoms with E-state index in [1.165, 1.54) is 0 Å². The zero-order valence-electron chi connectivity index (χ0n) is 13.3. The lowest BCUT2D eigenvalue weighted by molar-refractivity contribution is -0.129. The molecule has 0 fully saturated rings. The Hall–Kier alpha value is -0.780. The molecule has 1 rings (SSSR count). The molecule has 21 heavy (non-hydrogen) atoms. The van der Waals surface area contributed by atoms with Crippen molar-refractivity contribution >= 4 is 30.7 Å². The topological polar surface area (TPSA) is 64.2 Å². The van der Waals surface area contributed by atoms with Gasteiger partial charge in [0, 0.05) is 39.3 Å². The average molecular weight is 339 g/mol. The van der Waals surface area contributed by atoms with Crippen LogP contribution < -0.4 is 5.73 Å². The van der Waals surface area contributed by atoms with Crippen molar-refractivity contribution in [2.75, 3.05) is 13.6 Å². The van der Waals surface area contributed by atoms with Crippen LogP contribution in [0.4, 0.5) is 0 Å². The van der Waals surface area contributed by atoms with Crippen molar-refractivity contribution in [3.8, 4) is 0 Å². The van der Waals surface area contributed by atoms with Crippen LogP contribution in [0.15, 0.2) is 12.4 Å². The van der Waals surface area contributed by atoms with Crippen LogP contribution in [0.1, 0.15) is 32.3 Å². The first-order valence-corrected chi connectivity index (χ1v) is 6.87. The van der Waals surface area contributed by atoms with Gasteiger partial charge in [-0.3, -0.25) is 9.48 Å². The maximum absolute atomic E-state index is 12.0. The van der Waals surface area contributed by atoms with E-state index in [4.69, 9.17) is 5.73 Å². The van der Waals surface area contributed by atoms with Gasteiger partial charge in [0.1, 0.15) is 0 Å². The molecule has 7 heteroatoms. The second-order valence-electron chi connectivity index (χ2n) is 5.53. The summed E-state index contributed by atoms with van der Waals surface area (Å²) in [6.45, 7) is 4.94. The molecule has 0 spiro atoms. The first-order valence-electron chi connectivity index (χ1n) is 6.87. The van der Waals surface area contributed by atoms with E-state index in [1.807, 2.05) is 26.5 Å². The molecule has 0 saturated heterocycles. The van der Waals surface area contributed by atoms with Crippen LogP contribution in [0.5, 0.6) is 0 Å². The molecule has 1 aromatic rings. The van der Waals surface area contributed by atoms with Crippen molar-refractivity contribution in [1.29, 1.82) is 0 Å². The van der Waals surface area contributed by atoms with E-state index in [1.54, 1.807) is 9.58 Å². The van der Waals surface area contributed by atoms with Gasteiger partial charge in [-0.05, 0) is 24.3 Å². The zero-order chi connectivity index (χ0) is 14.4. The fourth-order valence-corrected chi connectivity index (χ4v) is 1.84. The number of halogens is 2. The summed E-state index contributed by atoms with van der Waals surface area (Å²) < 4.78 is 1.76. The Kier molecular flexibility index (Phi) is 11.7. The van der Waals surface area contributed by atoms with Gasteiger partial charge in [0.25, 0.3) is 0 Å². The molecule has 5 nitrogen and oxygen atoms in total. The highest BCUT2D eigenvalue weighted by Gasteiger charge is 2.13. The molecule has 2 N–H and O–H groups in total. The van der Waals surface area contributed by atoms with Crippen molar-refractivity contribution in [3.05, 3.63) is 18.0 Å². The van der Waals surface area contributed by atoms with E-state index in [2.05, 4.69) is 18.9 Å². The molecular weight excluding hydrogens is 311 g/mol. The number of aryl methyl sites for hydroxylation is 2. The molecule has 1 aromatic heterocycles. The fourth-order valence-electron chi connectivity index (χ4n) is 1.84. The van der Waals surface area contributed by atoms with Gasteiger partial charge in [0.2, 0.25) is 5.91 Å². The summed E-state index contributed by atoms with van der Waals surface area (Å²) >= 11 is 0. The smallest absolute Gasteiger partial charge is 0.222 e. The van der Waals surface area contributed by atoms with Crippen LogP contribution in [-0.4, -0.2) is 40.2 Å². The largest absolute Gasteiger partial charge is 0.346 e. The third-order valence-electron chi connectivity index (χ3n) is 3.47. The summed E-state index contributed by atoms with van der Waals surface area (Å²) in [4.78, 5) is 13.7. The maximum Gasteiger partial charge on any atom is 0.222 e. The summed E-state index contributed by atoms with van der Waals surface area (Å²) in [5, 5.41) is 4.09. The first kappa shape index (κ1) is 22.5. The number of carbonyl (C=O) groups is 1. The van der Waals surface area contributed by atoms with Crippen LogP contribution >= 0.6 is 24.8 Å². The van der Waals surface area contributed by atoms with E-state index in [0.717, 1.165) is 24.9 Å². The lowest BCUT2D eigenvalue weighted by atomic mass is 10.0. The SMILES string of the molecule is CC(C)C(N)CCN(C)C(=O)CCc1cnn(C)c1.Cl.Cl. The highest BCUT2D eigenvalue weighted by molar-refractivity contribution is 5.85. The third-order valence-corrected chi connectivity index (χ3v) is 3.47. The van der Waals surface area contributed by atoms with Gasteiger partial charge >= 0.3 is 0 Å². The van der Waals surface area contributed by atoms with Crippen LogP contribution in [0.25, 0.3) is 0 Å². The van der Waals surface area contributed by atoms with Crippen molar-refractivity contribution in [2.45, 2.75) is 39.2 Å². The summed E-state index contributed by atoms with van der Waals surface area (Å²) in [5.74, 6) is 0.624. The minimum atomic E-state index is 0. The Labute approximate surface area is 140 Å². The van der Waals surface area contributed by atoms with Crippen LogP contribution in [0, 0.1) is 5.92 Å². The Morgan fingerprint density at radius 1 is 1.43 bits per heavy atom. The van der Waals surface area contributed by atoms with Crippen LogP contribution in [0.2, 0.25) is 0 Å². The maximum atomic E-state index is 12.0. The predicted octanol–water partition coefficient (Wildman–Crippen LogP) is 2.03. The molecule has 0 aliphatic rings. The molecule has 0 aromatic carbocycles. The van der Waals surface area contributed by atoms with Gasteiger partial charge in [0.15, 0.2) is 0 Å². The number of amides is 1. The molecule has 0 saturated carbocycles. The van der Waals surface area contributed by atoms with E-state index < -0.39 is 0 Å². The lowest BCUT2D eigenvalue weighted by Crippen LogP contribution is -2.34. The minimum Gasteiger partial charge on any atom is -0.346 e. The van der Waals surface area contributed by atoms with Crippen molar-refractivity contribution in [1.82, 2.24) is 14.7 Å². The van der Waals surface area contributed by atoms with E-state index in [9.17, 15) is 4.79 Å². The van der Waals surface area contributed by atoms with Crippen molar-refractivity contribution in [3.63, 3.8) is 0 Å². The van der Waals surface area contributed by atoms with Gasteiger partial charge in [-0.25, -0.2) is 0 Å². The number of aromatic nitrogens is 2. The van der Waals surface area contributed by atoms with Gasteiger partial charge in [0.05, 0.1) is 6.20 Å². The number of rotatable bonds is 7. The summed E-state index contributed by atoms with van der Waals surface area (Å²) in [6.07, 6.45) is 5.88. The predicted molar refractivity (Wildman–Crippen MR) is 91.1 cm³/mol. The molecule has 1 amide bonds. The molecule has 1 heterocycles. The molecule has 0 aliphatic carbocycles. The monoisotopic (exact) mass is 338 g/mol. The molecule has 1 atom stereocenters. The number of hydrogen-bond donors (Lipinski definition) is 1. The highest BCUT2D eigenvalue weighted by Crippen LogP contribution is 2.06. The van der Waals surface area contributed by atoms with Gasteiger partial charge in [-0.1, -0.05) is 13.8 Å². The molecule has 1 unspecified atom stereocenters. The Bertz CT molecular complexity index is 409. The molecular formula is C14H28Cl2N4O. The zero-order valence-corrected chi connectivity index (χ0v) is 14.9. The molecule has 0 aliphatic heterocycles. The van der Waals surface area contributed by atoms with Crippen LogP contribution in [-0.2, 0) is 18.3 Å². The summed E-state index contributed by atoms with van der Waals surface area (Å²) in [5.41, 5.74) is 7.08. The summed E-state index contributed by atoms with van der Waals surface area (Å²) in [7, 11) is 3.73. The molecule has 0 radical (unpaired) electrons. The highest BCUT2D eigenvalue weighted by atomic mass is 35.5. The van der Waals surface area contributed by atoms with Crippen molar-refractivity contribution < 1.29 is 4.79 Å². The second kappa shape index (κ2) is 10.9.